The van der Waals surface area contributed by atoms with Crippen LogP contribution in [0.5, 0.6) is 0 Å². The van der Waals surface area contributed by atoms with Gasteiger partial charge in [-0.05, 0) is 49.3 Å². The molecule has 0 aromatic rings. The molecular formula is C24H46OS2. The molecule has 160 valence electrons. The van der Waals surface area contributed by atoms with E-state index in [2.05, 4.69) is 0 Å². The minimum atomic E-state index is 0.972. The zero-order valence-electron chi connectivity index (χ0n) is 17.9. The van der Waals surface area contributed by atoms with E-state index in [1.807, 2.05) is 10.7 Å². The van der Waals surface area contributed by atoms with Crippen molar-refractivity contribution in [3.63, 3.8) is 0 Å². The third kappa shape index (κ3) is 26.1. The highest BCUT2D eigenvalue weighted by atomic mass is 32.1. The lowest BCUT2D eigenvalue weighted by atomic mass is 10.1. The molecule has 27 heavy (non-hydrogen) atoms. The van der Waals surface area contributed by atoms with Gasteiger partial charge in [0.05, 0.1) is 0 Å². The van der Waals surface area contributed by atoms with Crippen molar-refractivity contribution in [1.82, 2.24) is 0 Å². The van der Waals surface area contributed by atoms with E-state index in [1.165, 1.54) is 116 Å². The van der Waals surface area contributed by atoms with Crippen molar-refractivity contribution in [2.75, 3.05) is 13.2 Å². The van der Waals surface area contributed by atoms with Crippen LogP contribution in [0.4, 0.5) is 0 Å². The summed E-state index contributed by atoms with van der Waals surface area (Å²) in [6, 6.07) is 0. The molecule has 0 aliphatic heterocycles. The van der Waals surface area contributed by atoms with Crippen LogP contribution in [0, 0.1) is 0 Å². The van der Waals surface area contributed by atoms with Crippen molar-refractivity contribution >= 4 is 35.2 Å². The Morgan fingerprint density at radius 2 is 0.630 bits per heavy atom. The molecule has 0 aromatic heterocycles. The lowest BCUT2D eigenvalue weighted by Crippen LogP contribution is -1.97. The molecule has 3 heteroatoms. The molecule has 0 saturated carbocycles. The van der Waals surface area contributed by atoms with Gasteiger partial charge in [0.1, 0.15) is 0 Å². The summed E-state index contributed by atoms with van der Waals surface area (Å²) in [5, 5.41) is 3.74. The monoisotopic (exact) mass is 414 g/mol. The minimum Gasteiger partial charge on any atom is -0.381 e. The lowest BCUT2D eigenvalue weighted by molar-refractivity contribution is 0.125. The number of rotatable bonds is 24. The highest BCUT2D eigenvalue weighted by molar-refractivity contribution is 7.79. The van der Waals surface area contributed by atoms with E-state index in [0.717, 1.165) is 26.1 Å². The Balaban J connectivity index is 2.97. The molecule has 0 bridgehead atoms. The molecule has 0 saturated heterocycles. The van der Waals surface area contributed by atoms with Gasteiger partial charge in [0.2, 0.25) is 0 Å². The summed E-state index contributed by atoms with van der Waals surface area (Å²) >= 11 is 9.69. The highest BCUT2D eigenvalue weighted by Gasteiger charge is 1.95. The van der Waals surface area contributed by atoms with E-state index in [1.54, 1.807) is 0 Å². The molecule has 0 spiro atoms. The van der Waals surface area contributed by atoms with Crippen LogP contribution in [0.2, 0.25) is 0 Å². The first-order chi connectivity index (χ1) is 13.4. The Labute approximate surface area is 181 Å². The quantitative estimate of drug-likeness (QED) is 0.115. The van der Waals surface area contributed by atoms with Gasteiger partial charge < -0.3 is 4.74 Å². The van der Waals surface area contributed by atoms with Crippen LogP contribution >= 0.6 is 24.4 Å². The molecule has 0 N–H and O–H groups in total. The van der Waals surface area contributed by atoms with E-state index in [-0.39, 0.29) is 0 Å². The number of unbranched alkanes of at least 4 members (excludes halogenated alkanes) is 18. The number of hydrogen-bond donors (Lipinski definition) is 0. The summed E-state index contributed by atoms with van der Waals surface area (Å²) in [7, 11) is 0. The molecule has 0 radical (unpaired) electrons. The van der Waals surface area contributed by atoms with Crippen LogP contribution in [-0.2, 0) is 4.74 Å². The van der Waals surface area contributed by atoms with E-state index in [4.69, 9.17) is 29.2 Å². The summed E-state index contributed by atoms with van der Waals surface area (Å²) in [4.78, 5) is 0. The second kappa shape index (κ2) is 26.1. The molecule has 0 fully saturated rings. The summed E-state index contributed by atoms with van der Waals surface area (Å²) < 4.78 is 5.78. The summed E-state index contributed by atoms with van der Waals surface area (Å²) in [5.41, 5.74) is 0. The van der Waals surface area contributed by atoms with Gasteiger partial charge in [-0.2, -0.15) is 0 Å². The van der Waals surface area contributed by atoms with Crippen LogP contribution in [0.3, 0.4) is 0 Å². The second-order valence-corrected chi connectivity index (χ2v) is 8.55. The Morgan fingerprint density at radius 3 is 0.926 bits per heavy atom. The fraction of sp³-hybridized carbons (Fsp3) is 0.917. The van der Waals surface area contributed by atoms with E-state index in [9.17, 15) is 0 Å². The van der Waals surface area contributed by atoms with Crippen molar-refractivity contribution in [3.05, 3.63) is 0 Å². The number of ether oxygens (including phenoxy) is 1. The van der Waals surface area contributed by atoms with Crippen molar-refractivity contribution in [1.29, 1.82) is 0 Å². The van der Waals surface area contributed by atoms with Gasteiger partial charge >= 0.3 is 0 Å². The Bertz CT molecular complexity index is 266. The highest BCUT2D eigenvalue weighted by Crippen LogP contribution is 2.12. The van der Waals surface area contributed by atoms with Crippen molar-refractivity contribution in [2.45, 2.75) is 128 Å². The third-order valence-electron chi connectivity index (χ3n) is 5.22. The maximum Gasteiger partial charge on any atom is 0.0466 e. The predicted molar refractivity (Wildman–Crippen MR) is 130 cm³/mol. The van der Waals surface area contributed by atoms with Crippen LogP contribution in [0.25, 0.3) is 0 Å². The zero-order valence-corrected chi connectivity index (χ0v) is 19.6. The molecule has 0 rings (SSSR count). The summed E-state index contributed by atoms with van der Waals surface area (Å²) in [6.45, 7) is 1.94. The largest absolute Gasteiger partial charge is 0.381 e. The molecule has 0 unspecified atom stereocenters. The summed E-state index contributed by atoms with van der Waals surface area (Å²) in [6.07, 6.45) is 26.7. The van der Waals surface area contributed by atoms with Crippen LogP contribution in [0.15, 0.2) is 0 Å². The number of thiocarbonyl (C=S) groups is 2. The van der Waals surface area contributed by atoms with Crippen molar-refractivity contribution < 1.29 is 4.74 Å². The molecule has 1 nitrogen and oxygen atoms in total. The maximum absolute atomic E-state index is 5.78. The minimum absolute atomic E-state index is 0.972. The van der Waals surface area contributed by atoms with Gasteiger partial charge in [0, 0.05) is 13.2 Å². The SMILES string of the molecule is S=CCCCCCCCCCCCOCCCCCCCCCCCC=S. The average molecular weight is 415 g/mol. The molecule has 0 atom stereocenters. The standard InChI is InChI=1S/C24H46OS2/c26-23-19-15-11-7-3-1-5-9-13-17-21-25-22-18-14-10-6-2-4-8-12-16-20-24-27/h23-24H,1-22H2. The molecular weight excluding hydrogens is 368 g/mol. The average Bonchev–Trinajstić information content (AvgIpc) is 2.68. The molecule has 0 aromatic carbocycles. The van der Waals surface area contributed by atoms with Crippen LogP contribution in [-0.4, -0.2) is 23.9 Å². The van der Waals surface area contributed by atoms with E-state index >= 15 is 0 Å². The van der Waals surface area contributed by atoms with Crippen molar-refractivity contribution in [3.8, 4) is 0 Å². The Kier molecular flexibility index (Phi) is 26.3. The van der Waals surface area contributed by atoms with Gasteiger partial charge in [-0.3, -0.25) is 0 Å². The molecule has 0 aliphatic carbocycles. The second-order valence-electron chi connectivity index (χ2n) is 7.89. The fourth-order valence-corrected chi connectivity index (χ4v) is 3.77. The Morgan fingerprint density at radius 1 is 0.370 bits per heavy atom. The van der Waals surface area contributed by atoms with E-state index < -0.39 is 0 Å². The number of hydrogen-bond acceptors (Lipinski definition) is 3. The first kappa shape index (κ1) is 27.1. The smallest absolute Gasteiger partial charge is 0.0466 e. The van der Waals surface area contributed by atoms with Crippen LogP contribution in [0.1, 0.15) is 128 Å². The van der Waals surface area contributed by atoms with Gasteiger partial charge in [0.25, 0.3) is 0 Å². The third-order valence-corrected chi connectivity index (χ3v) is 5.69. The normalized spacial score (nSPS) is 11.0. The van der Waals surface area contributed by atoms with Gasteiger partial charge in [-0.25, -0.2) is 0 Å². The molecule has 0 heterocycles. The molecule has 0 aliphatic rings. The van der Waals surface area contributed by atoms with Gasteiger partial charge in [0.15, 0.2) is 0 Å². The Hall–Kier alpha value is 0.140. The zero-order chi connectivity index (χ0) is 19.7. The van der Waals surface area contributed by atoms with E-state index in [0.29, 0.717) is 0 Å². The fourth-order valence-electron chi connectivity index (χ4n) is 3.44. The van der Waals surface area contributed by atoms with Gasteiger partial charge in [-0.15, -0.1) is 0 Å². The van der Waals surface area contributed by atoms with Gasteiger partial charge in [-0.1, -0.05) is 114 Å². The van der Waals surface area contributed by atoms with Crippen LogP contribution < -0.4 is 0 Å². The maximum atomic E-state index is 5.78. The first-order valence-corrected chi connectivity index (χ1v) is 12.8. The van der Waals surface area contributed by atoms with Crippen molar-refractivity contribution in [2.24, 2.45) is 0 Å². The summed E-state index contributed by atoms with van der Waals surface area (Å²) in [5.74, 6) is 0. The topological polar surface area (TPSA) is 9.23 Å². The molecule has 0 amide bonds. The lowest BCUT2D eigenvalue weighted by Gasteiger charge is -2.05. The predicted octanol–water partition coefficient (Wildman–Crippen LogP) is 8.80. The first-order valence-electron chi connectivity index (χ1n) is 11.9.